The monoisotopic (exact) mass is 454 g/mol. The summed E-state index contributed by atoms with van der Waals surface area (Å²) in [6.07, 6.45) is 4.90. The minimum Gasteiger partial charge on any atom is -0.453 e. The molecule has 8 nitrogen and oxygen atoms in total. The van der Waals surface area contributed by atoms with Crippen LogP contribution in [0, 0.1) is 0 Å². The van der Waals surface area contributed by atoms with Crippen molar-refractivity contribution in [3.8, 4) is 0 Å². The van der Waals surface area contributed by atoms with Gasteiger partial charge in [0, 0.05) is 26.5 Å². The molecule has 0 fully saturated rings. The van der Waals surface area contributed by atoms with E-state index in [-0.39, 0.29) is 23.2 Å². The molecule has 2 heterocycles. The zero-order chi connectivity index (χ0) is 23.4. The first-order valence-corrected chi connectivity index (χ1v) is 11.1. The van der Waals surface area contributed by atoms with Crippen molar-refractivity contribution >= 4 is 11.9 Å². The van der Waals surface area contributed by atoms with Gasteiger partial charge in [-0.3, -0.25) is 0 Å². The fourth-order valence-electron chi connectivity index (χ4n) is 5.25. The largest absolute Gasteiger partial charge is 0.453 e. The fourth-order valence-corrected chi connectivity index (χ4v) is 5.25. The van der Waals surface area contributed by atoms with Crippen LogP contribution < -0.4 is 0 Å². The van der Waals surface area contributed by atoms with Gasteiger partial charge in [0.05, 0.1) is 24.5 Å². The van der Waals surface area contributed by atoms with Gasteiger partial charge in [0.1, 0.15) is 0 Å². The lowest BCUT2D eigenvalue weighted by Crippen LogP contribution is -2.51. The van der Waals surface area contributed by atoms with Crippen molar-refractivity contribution in [1.29, 1.82) is 0 Å². The van der Waals surface area contributed by atoms with Crippen LogP contribution in [-0.2, 0) is 23.6 Å². The number of rotatable bonds is 4. The zero-order valence-corrected chi connectivity index (χ0v) is 18.7. The normalized spacial score (nSPS) is 22.1. The number of imidazole rings is 2. The molecule has 0 saturated heterocycles. The number of nitrogens with zero attached hydrogens (tertiary/aromatic N) is 4. The topological polar surface area (TPSA) is 88.2 Å². The van der Waals surface area contributed by atoms with E-state index in [0.29, 0.717) is 0 Å². The van der Waals surface area contributed by atoms with Crippen LogP contribution in [0.1, 0.15) is 55.1 Å². The van der Waals surface area contributed by atoms with Gasteiger partial charge in [0.2, 0.25) is 0 Å². The maximum absolute atomic E-state index is 13.1. The first-order chi connectivity index (χ1) is 16.5. The number of hydrogen-bond donors (Lipinski definition) is 0. The third-order valence-electron chi connectivity index (χ3n) is 6.63. The predicted molar refractivity (Wildman–Crippen MR) is 121 cm³/mol. The van der Waals surface area contributed by atoms with Crippen LogP contribution in [0.5, 0.6) is 0 Å². The van der Waals surface area contributed by atoms with E-state index in [9.17, 15) is 9.59 Å². The van der Waals surface area contributed by atoms with E-state index in [1.54, 1.807) is 48.3 Å². The smallest absolute Gasteiger partial charge is 0.358 e. The molecule has 0 radical (unpaired) electrons. The maximum atomic E-state index is 13.1. The van der Waals surface area contributed by atoms with Gasteiger partial charge in [0.25, 0.3) is 0 Å². The van der Waals surface area contributed by atoms with Gasteiger partial charge in [-0.15, -0.1) is 0 Å². The minimum absolute atomic E-state index is 0.209. The van der Waals surface area contributed by atoms with Crippen molar-refractivity contribution < 1.29 is 19.1 Å². The molecule has 8 heteroatoms. The number of fused-ring (bicyclic) bond motifs is 1. The molecule has 2 aromatic heterocycles. The summed E-state index contributed by atoms with van der Waals surface area (Å²) in [5.74, 6) is -1.64. The van der Waals surface area contributed by atoms with Crippen LogP contribution >= 0.6 is 0 Å². The molecular formula is C26H22N4O4. The number of esters is 2. The quantitative estimate of drug-likeness (QED) is 0.440. The zero-order valence-electron chi connectivity index (χ0n) is 18.7. The summed E-state index contributed by atoms with van der Waals surface area (Å²) in [6.45, 7) is 0. The number of aryl methyl sites for hydroxylation is 2. The Hall–Kier alpha value is -4.20. The molecule has 4 aromatic rings. The van der Waals surface area contributed by atoms with E-state index in [4.69, 9.17) is 9.47 Å². The van der Waals surface area contributed by atoms with Crippen LogP contribution in [0.2, 0.25) is 0 Å². The van der Waals surface area contributed by atoms with Crippen LogP contribution in [0.4, 0.5) is 0 Å². The average molecular weight is 454 g/mol. The Balaban J connectivity index is 1.45. The summed E-state index contributed by atoms with van der Waals surface area (Å²) in [7, 11) is 3.58. The van der Waals surface area contributed by atoms with Gasteiger partial charge in [-0.05, 0) is 22.3 Å². The lowest BCUT2D eigenvalue weighted by molar-refractivity contribution is -0.0562. The van der Waals surface area contributed by atoms with Crippen LogP contribution in [0.25, 0.3) is 0 Å². The van der Waals surface area contributed by atoms with Crippen molar-refractivity contribution in [1.82, 2.24) is 19.1 Å². The molecule has 0 N–H and O–H groups in total. The molecule has 2 unspecified atom stereocenters. The Morgan fingerprint density at radius 1 is 0.676 bits per heavy atom. The summed E-state index contributed by atoms with van der Waals surface area (Å²) in [4.78, 5) is 34.4. The SMILES string of the molecule is Cn1cnc(C(=O)OC2C(OC(=O)c3cn(C)cn3)[C@H]3c4ccccc4[C@H]2c2ccccc23)c1. The molecule has 3 aliphatic rings. The highest BCUT2D eigenvalue weighted by molar-refractivity contribution is 5.88. The molecule has 7 rings (SSSR count). The van der Waals surface area contributed by atoms with Crippen molar-refractivity contribution in [3.63, 3.8) is 0 Å². The standard InChI is InChI=1S/C26H22N4O4/c1-29-11-19(27-13-29)25(31)33-23-21-15-7-3-5-9-17(15)22(18-10-6-4-8-16(18)21)24(23)34-26(32)20-12-30(2)14-28-20/h3-14,21-24H,1-2H3/t21-,22-,23?,24?. The van der Waals surface area contributed by atoms with Crippen LogP contribution in [-0.4, -0.2) is 43.2 Å². The van der Waals surface area contributed by atoms with Crippen molar-refractivity contribution in [2.75, 3.05) is 0 Å². The minimum atomic E-state index is -0.711. The van der Waals surface area contributed by atoms with Crippen LogP contribution in [0.15, 0.2) is 73.6 Å². The summed E-state index contributed by atoms with van der Waals surface area (Å²) < 4.78 is 15.5. The Morgan fingerprint density at radius 3 is 1.32 bits per heavy atom. The number of aromatic nitrogens is 4. The summed E-state index contributed by atoms with van der Waals surface area (Å²) in [6, 6.07) is 16.2. The fraction of sp³-hybridized carbons (Fsp3) is 0.231. The van der Waals surface area contributed by atoms with Gasteiger partial charge in [0.15, 0.2) is 23.6 Å². The van der Waals surface area contributed by atoms with E-state index in [1.165, 1.54) is 0 Å². The number of ether oxygens (including phenoxy) is 2. The Bertz CT molecular complexity index is 1270. The van der Waals surface area contributed by atoms with Gasteiger partial charge in [-0.2, -0.15) is 0 Å². The van der Waals surface area contributed by atoms with Crippen molar-refractivity contribution in [2.45, 2.75) is 24.0 Å². The predicted octanol–water partition coefficient (Wildman–Crippen LogP) is 3.20. The summed E-state index contributed by atoms with van der Waals surface area (Å²) in [5, 5.41) is 0. The second kappa shape index (κ2) is 7.69. The second-order valence-electron chi connectivity index (χ2n) is 8.80. The molecule has 170 valence electrons. The highest BCUT2D eigenvalue weighted by atomic mass is 16.6. The average Bonchev–Trinajstić information content (AvgIpc) is 3.48. The molecule has 0 amide bonds. The molecule has 2 bridgehead atoms. The molecule has 3 aliphatic carbocycles. The van der Waals surface area contributed by atoms with E-state index in [0.717, 1.165) is 22.3 Å². The lowest BCUT2D eigenvalue weighted by atomic mass is 9.61. The van der Waals surface area contributed by atoms with E-state index in [1.807, 2.05) is 24.3 Å². The van der Waals surface area contributed by atoms with Crippen molar-refractivity contribution in [2.24, 2.45) is 14.1 Å². The van der Waals surface area contributed by atoms with E-state index in [2.05, 4.69) is 34.2 Å². The lowest BCUT2D eigenvalue weighted by Gasteiger charge is -2.48. The Labute approximate surface area is 195 Å². The highest BCUT2D eigenvalue weighted by Gasteiger charge is 2.53. The molecule has 0 saturated carbocycles. The first kappa shape index (κ1) is 20.4. The highest BCUT2D eigenvalue weighted by Crippen LogP contribution is 2.54. The number of carbonyl (C=O) groups excluding carboxylic acids is 2. The molecular weight excluding hydrogens is 432 g/mol. The van der Waals surface area contributed by atoms with Gasteiger partial charge in [-0.25, -0.2) is 19.6 Å². The molecule has 0 spiro atoms. The molecule has 34 heavy (non-hydrogen) atoms. The van der Waals surface area contributed by atoms with Gasteiger partial charge in [-0.1, -0.05) is 48.5 Å². The maximum Gasteiger partial charge on any atom is 0.358 e. The molecule has 0 aliphatic heterocycles. The molecule has 2 atom stereocenters. The second-order valence-corrected chi connectivity index (χ2v) is 8.80. The Morgan fingerprint density at radius 2 is 1.03 bits per heavy atom. The Kier molecular flexibility index (Phi) is 4.62. The number of hydrogen-bond acceptors (Lipinski definition) is 6. The number of carbonyl (C=O) groups is 2. The van der Waals surface area contributed by atoms with Gasteiger partial charge >= 0.3 is 11.9 Å². The first-order valence-electron chi connectivity index (χ1n) is 11.1. The van der Waals surface area contributed by atoms with Crippen LogP contribution in [0.3, 0.4) is 0 Å². The van der Waals surface area contributed by atoms with Crippen molar-refractivity contribution in [3.05, 3.63) is 107 Å². The summed E-state index contributed by atoms with van der Waals surface area (Å²) >= 11 is 0. The van der Waals surface area contributed by atoms with Gasteiger partial charge < -0.3 is 18.6 Å². The third kappa shape index (κ3) is 3.14. The van der Waals surface area contributed by atoms with E-state index < -0.39 is 24.1 Å². The molecule has 2 aromatic carbocycles. The number of benzene rings is 2. The van der Waals surface area contributed by atoms with E-state index >= 15 is 0 Å². The summed E-state index contributed by atoms with van der Waals surface area (Å²) in [5.41, 5.74) is 4.73. The third-order valence-corrected chi connectivity index (χ3v) is 6.63.